The number of carbonyl (C=O) groups excluding carboxylic acids is 2. The maximum absolute atomic E-state index is 11.5. The zero-order chi connectivity index (χ0) is 15.4. The van der Waals surface area contributed by atoms with Gasteiger partial charge in [-0.05, 0) is 17.7 Å². The molecule has 8 nitrogen and oxygen atoms in total. The monoisotopic (exact) mass is 286 g/mol. The molecule has 0 spiro atoms. The number of nitro groups is 1. The lowest BCUT2D eigenvalue weighted by atomic mass is 10.0. The number of hydrogen-bond donors (Lipinski definition) is 2. The lowest BCUT2D eigenvalue weighted by Gasteiger charge is -2.23. The summed E-state index contributed by atoms with van der Waals surface area (Å²) < 4.78 is 0. The van der Waals surface area contributed by atoms with Crippen LogP contribution in [-0.4, -0.2) is 28.9 Å². The van der Waals surface area contributed by atoms with Gasteiger partial charge >= 0.3 is 18.0 Å². The number of rotatable bonds is 3. The number of amides is 3. The van der Waals surface area contributed by atoms with Crippen molar-refractivity contribution in [2.75, 3.05) is 0 Å². The molecule has 1 fully saturated rings. The minimum absolute atomic E-state index is 0.487. The standard InChI is InChI=1S/C13H10N4O4/c14-7-9-3-1-8(2-4-9)5-6-10-11(17(20)21)12(18)16-13(19)15-10/h1-6,10-11H,(H2,15,16,18,19)/b6-5-. The zero-order valence-electron chi connectivity index (χ0n) is 10.6. The lowest BCUT2D eigenvalue weighted by molar-refractivity contribution is -0.510. The molecule has 2 unspecified atom stereocenters. The van der Waals surface area contributed by atoms with Crippen LogP contribution in [0.2, 0.25) is 0 Å². The van der Waals surface area contributed by atoms with Crippen LogP contribution in [0.5, 0.6) is 0 Å². The first-order chi connectivity index (χ1) is 10.0. The Balaban J connectivity index is 2.19. The van der Waals surface area contributed by atoms with Crippen molar-refractivity contribution in [3.8, 4) is 6.07 Å². The van der Waals surface area contributed by atoms with E-state index in [0.717, 1.165) is 0 Å². The average Bonchev–Trinajstić information content (AvgIpc) is 2.44. The van der Waals surface area contributed by atoms with E-state index < -0.39 is 28.9 Å². The van der Waals surface area contributed by atoms with Gasteiger partial charge in [0.2, 0.25) is 0 Å². The molecule has 0 bridgehead atoms. The normalized spacial score (nSPS) is 21.5. The van der Waals surface area contributed by atoms with Crippen LogP contribution in [0.3, 0.4) is 0 Å². The number of nitrogens with zero attached hydrogens (tertiary/aromatic N) is 2. The van der Waals surface area contributed by atoms with Gasteiger partial charge in [-0.25, -0.2) is 4.79 Å². The fraction of sp³-hybridized carbons (Fsp3) is 0.154. The van der Waals surface area contributed by atoms with Crippen LogP contribution in [0.1, 0.15) is 11.1 Å². The fourth-order valence-electron chi connectivity index (χ4n) is 1.88. The minimum Gasteiger partial charge on any atom is -0.324 e. The van der Waals surface area contributed by atoms with E-state index in [1.807, 2.05) is 11.4 Å². The van der Waals surface area contributed by atoms with E-state index in [9.17, 15) is 19.7 Å². The van der Waals surface area contributed by atoms with E-state index in [4.69, 9.17) is 5.26 Å². The van der Waals surface area contributed by atoms with Gasteiger partial charge in [-0.15, -0.1) is 0 Å². The number of nitrogens with one attached hydrogen (secondary N) is 2. The van der Waals surface area contributed by atoms with Crippen LogP contribution in [-0.2, 0) is 4.79 Å². The first-order valence-electron chi connectivity index (χ1n) is 5.94. The molecule has 1 aliphatic heterocycles. The third kappa shape index (κ3) is 3.22. The Bertz CT molecular complexity index is 660. The van der Waals surface area contributed by atoms with Crippen molar-refractivity contribution in [2.45, 2.75) is 12.1 Å². The maximum Gasteiger partial charge on any atom is 0.322 e. The molecular formula is C13H10N4O4. The Kier molecular flexibility index (Phi) is 3.95. The molecule has 2 rings (SSSR count). The van der Waals surface area contributed by atoms with Gasteiger partial charge in [0.15, 0.2) is 0 Å². The Hall–Kier alpha value is -3.21. The molecule has 1 heterocycles. The highest BCUT2D eigenvalue weighted by Gasteiger charge is 2.43. The molecule has 3 amide bonds. The summed E-state index contributed by atoms with van der Waals surface area (Å²) >= 11 is 0. The average molecular weight is 286 g/mol. The summed E-state index contributed by atoms with van der Waals surface area (Å²) in [6, 6.07) is 5.09. The van der Waals surface area contributed by atoms with E-state index in [-0.39, 0.29) is 0 Å². The number of nitriles is 1. The van der Waals surface area contributed by atoms with Crippen molar-refractivity contribution < 1.29 is 14.5 Å². The molecule has 0 aliphatic carbocycles. The third-order valence-corrected chi connectivity index (χ3v) is 2.91. The molecule has 0 radical (unpaired) electrons. The third-order valence-electron chi connectivity index (χ3n) is 2.91. The molecular weight excluding hydrogens is 276 g/mol. The second-order valence-electron chi connectivity index (χ2n) is 4.31. The van der Waals surface area contributed by atoms with Gasteiger partial charge in [-0.2, -0.15) is 5.26 Å². The van der Waals surface area contributed by atoms with E-state index in [1.54, 1.807) is 30.3 Å². The van der Waals surface area contributed by atoms with Crippen molar-refractivity contribution >= 4 is 18.0 Å². The predicted octanol–water partition coefficient (Wildman–Crippen LogP) is 0.425. The van der Waals surface area contributed by atoms with Crippen molar-refractivity contribution in [3.63, 3.8) is 0 Å². The smallest absolute Gasteiger partial charge is 0.322 e. The van der Waals surface area contributed by atoms with Crippen molar-refractivity contribution in [1.29, 1.82) is 5.26 Å². The molecule has 2 atom stereocenters. The number of benzene rings is 1. The van der Waals surface area contributed by atoms with Crippen LogP contribution < -0.4 is 10.6 Å². The molecule has 21 heavy (non-hydrogen) atoms. The van der Waals surface area contributed by atoms with Crippen LogP contribution in [0.15, 0.2) is 30.3 Å². The van der Waals surface area contributed by atoms with Gasteiger partial charge in [-0.1, -0.05) is 24.3 Å². The zero-order valence-corrected chi connectivity index (χ0v) is 10.6. The quantitative estimate of drug-likeness (QED) is 0.615. The number of imide groups is 1. The molecule has 8 heteroatoms. The summed E-state index contributed by atoms with van der Waals surface area (Å²) in [4.78, 5) is 32.8. The molecule has 1 aromatic rings. The maximum atomic E-state index is 11.5. The van der Waals surface area contributed by atoms with Crippen LogP contribution in [0.4, 0.5) is 4.79 Å². The Morgan fingerprint density at radius 2 is 1.95 bits per heavy atom. The molecule has 1 aromatic carbocycles. The highest BCUT2D eigenvalue weighted by atomic mass is 16.6. The van der Waals surface area contributed by atoms with Gasteiger partial charge in [0.1, 0.15) is 6.04 Å². The molecule has 0 aromatic heterocycles. The van der Waals surface area contributed by atoms with Gasteiger partial charge in [0, 0.05) is 4.92 Å². The van der Waals surface area contributed by atoms with Crippen LogP contribution >= 0.6 is 0 Å². The van der Waals surface area contributed by atoms with E-state index in [1.165, 1.54) is 6.08 Å². The first-order valence-corrected chi connectivity index (χ1v) is 5.94. The molecule has 1 aliphatic rings. The summed E-state index contributed by atoms with van der Waals surface area (Å²) in [5.41, 5.74) is 1.18. The second kappa shape index (κ2) is 5.83. The van der Waals surface area contributed by atoms with Gasteiger partial charge in [-0.3, -0.25) is 20.2 Å². The van der Waals surface area contributed by atoms with Crippen LogP contribution in [0.25, 0.3) is 6.08 Å². The largest absolute Gasteiger partial charge is 0.324 e. The molecule has 106 valence electrons. The van der Waals surface area contributed by atoms with Gasteiger partial charge < -0.3 is 5.32 Å². The highest BCUT2D eigenvalue weighted by Crippen LogP contribution is 2.10. The Labute approximate surface area is 119 Å². The van der Waals surface area contributed by atoms with Crippen molar-refractivity contribution in [3.05, 3.63) is 51.6 Å². The van der Waals surface area contributed by atoms with E-state index in [2.05, 4.69) is 5.32 Å². The SMILES string of the molecule is N#Cc1ccc(/C=C\C2NC(=O)NC(=O)C2[N+](=O)[O-])cc1. The highest BCUT2D eigenvalue weighted by molar-refractivity contribution is 6.00. The first kappa shape index (κ1) is 14.2. The minimum atomic E-state index is -1.57. The number of hydrogen-bond acceptors (Lipinski definition) is 5. The van der Waals surface area contributed by atoms with Crippen molar-refractivity contribution in [2.24, 2.45) is 0 Å². The van der Waals surface area contributed by atoms with Gasteiger partial charge in [0.05, 0.1) is 11.6 Å². The van der Waals surface area contributed by atoms with E-state index >= 15 is 0 Å². The Morgan fingerprint density at radius 3 is 2.52 bits per heavy atom. The van der Waals surface area contributed by atoms with Crippen molar-refractivity contribution in [1.82, 2.24) is 10.6 Å². The topological polar surface area (TPSA) is 125 Å². The molecule has 1 saturated heterocycles. The summed E-state index contributed by atoms with van der Waals surface area (Å²) in [6.45, 7) is 0. The predicted molar refractivity (Wildman–Crippen MR) is 71.4 cm³/mol. The summed E-state index contributed by atoms with van der Waals surface area (Å²) in [5.74, 6) is -0.946. The number of urea groups is 1. The molecule has 2 N–H and O–H groups in total. The Morgan fingerprint density at radius 1 is 1.29 bits per heavy atom. The summed E-state index contributed by atoms with van der Waals surface area (Å²) in [7, 11) is 0. The van der Waals surface area contributed by atoms with Gasteiger partial charge in [0.25, 0.3) is 0 Å². The summed E-state index contributed by atoms with van der Waals surface area (Å²) in [6.07, 6.45) is 2.92. The lowest BCUT2D eigenvalue weighted by Crippen LogP contribution is -2.62. The van der Waals surface area contributed by atoms with Crippen LogP contribution in [0, 0.1) is 21.4 Å². The number of carbonyl (C=O) groups is 2. The fourth-order valence-corrected chi connectivity index (χ4v) is 1.88. The van der Waals surface area contributed by atoms with E-state index in [0.29, 0.717) is 11.1 Å². The second-order valence-corrected chi connectivity index (χ2v) is 4.31. The molecule has 0 saturated carbocycles. The summed E-state index contributed by atoms with van der Waals surface area (Å²) in [5, 5.41) is 23.8.